The second kappa shape index (κ2) is 33.9. The molecule has 0 saturated heterocycles. The standard InChI is InChI=1S/C42H69NO8/c1-6-8-10-12-14-16-18-19-20-21-23-25-27-29-31-33-40(45)51-38(37-50-42(41(46)47)48-35-34-43(3,4)5)36-49-39(44)32-30-28-26-24-22-17-15-13-11-9-7-2/h8,10,13-16,19-20,23,25,29,31,38,42H,6-7,9,11-12,17-18,21-22,24,26-28,30,32-37H2,1-5H3/b10-8-,15-13-,16-14-,20-19-,25-23-,31-29-. The molecule has 0 aliphatic heterocycles. The molecule has 290 valence electrons. The maximum absolute atomic E-state index is 12.6. The molecule has 51 heavy (non-hydrogen) atoms. The number of rotatable bonds is 33. The van der Waals surface area contributed by atoms with Crippen LogP contribution in [0.25, 0.3) is 0 Å². The molecule has 0 spiro atoms. The van der Waals surface area contributed by atoms with Crippen LogP contribution >= 0.6 is 0 Å². The summed E-state index contributed by atoms with van der Waals surface area (Å²) in [4.78, 5) is 36.7. The van der Waals surface area contributed by atoms with Gasteiger partial charge in [-0.25, -0.2) is 0 Å². The molecule has 9 nitrogen and oxygen atoms in total. The van der Waals surface area contributed by atoms with E-state index in [4.69, 9.17) is 18.9 Å². The summed E-state index contributed by atoms with van der Waals surface area (Å²) in [7, 11) is 5.86. The van der Waals surface area contributed by atoms with Gasteiger partial charge in [-0.1, -0.05) is 119 Å². The van der Waals surface area contributed by atoms with Gasteiger partial charge in [0.25, 0.3) is 0 Å². The van der Waals surface area contributed by atoms with Crippen molar-refractivity contribution >= 4 is 17.9 Å². The Bertz CT molecular complexity index is 1070. The van der Waals surface area contributed by atoms with Crippen LogP contribution in [-0.4, -0.2) is 82.3 Å². The van der Waals surface area contributed by atoms with Crippen molar-refractivity contribution in [2.24, 2.45) is 0 Å². The zero-order valence-electron chi connectivity index (χ0n) is 32.4. The van der Waals surface area contributed by atoms with Gasteiger partial charge in [-0.15, -0.1) is 0 Å². The fourth-order valence-electron chi connectivity index (χ4n) is 4.47. The van der Waals surface area contributed by atoms with Crippen molar-refractivity contribution in [3.8, 4) is 0 Å². The molecule has 2 atom stereocenters. The van der Waals surface area contributed by atoms with Crippen LogP contribution in [0.3, 0.4) is 0 Å². The summed E-state index contributed by atoms with van der Waals surface area (Å²) in [5, 5.41) is 11.6. The average Bonchev–Trinajstić information content (AvgIpc) is 3.08. The van der Waals surface area contributed by atoms with Gasteiger partial charge in [0.05, 0.1) is 46.7 Å². The lowest BCUT2D eigenvalue weighted by Gasteiger charge is -2.26. The van der Waals surface area contributed by atoms with E-state index in [1.54, 1.807) is 6.08 Å². The van der Waals surface area contributed by atoms with Gasteiger partial charge in [0, 0.05) is 6.42 Å². The number of nitrogens with zero attached hydrogens (tertiary/aromatic N) is 1. The Balaban J connectivity index is 4.73. The molecule has 0 saturated carbocycles. The number of esters is 2. The second-order valence-electron chi connectivity index (χ2n) is 13.5. The zero-order valence-corrected chi connectivity index (χ0v) is 32.4. The summed E-state index contributed by atoms with van der Waals surface area (Å²) in [6.45, 7) is 4.41. The van der Waals surface area contributed by atoms with E-state index < -0.39 is 30.3 Å². The topological polar surface area (TPSA) is 111 Å². The molecular weight excluding hydrogens is 646 g/mol. The van der Waals surface area contributed by atoms with Crippen LogP contribution < -0.4 is 5.11 Å². The number of quaternary nitrogens is 1. The number of unbranched alkanes of at least 4 members (excludes halogenated alkanes) is 7. The Morgan fingerprint density at radius 1 is 0.627 bits per heavy atom. The van der Waals surface area contributed by atoms with Crippen LogP contribution in [0.15, 0.2) is 72.9 Å². The molecule has 0 heterocycles. The van der Waals surface area contributed by atoms with E-state index in [2.05, 4.69) is 68.5 Å². The van der Waals surface area contributed by atoms with Crippen LogP contribution in [0.2, 0.25) is 0 Å². The van der Waals surface area contributed by atoms with E-state index in [-0.39, 0.29) is 32.7 Å². The molecule has 0 aromatic heterocycles. The Kier molecular flexibility index (Phi) is 31.7. The molecule has 9 heteroatoms. The first-order chi connectivity index (χ1) is 24.6. The highest BCUT2D eigenvalue weighted by molar-refractivity contribution is 5.71. The average molecular weight is 716 g/mol. The summed E-state index contributed by atoms with van der Waals surface area (Å²) < 4.78 is 22.3. The molecule has 0 amide bonds. The lowest BCUT2D eigenvalue weighted by atomic mass is 10.1. The SMILES string of the molecule is CC/C=C\C/C=C\C/C=C\C/C=C\C/C=C\CC(=O)OC(COC(=O)CCCCCCC/C=C\CCCC)COC(OCC[N+](C)(C)C)C(=O)[O-]. The summed E-state index contributed by atoms with van der Waals surface area (Å²) in [5.41, 5.74) is 0. The molecule has 2 unspecified atom stereocenters. The van der Waals surface area contributed by atoms with Gasteiger partial charge < -0.3 is 33.3 Å². The first-order valence-electron chi connectivity index (χ1n) is 19.1. The fraction of sp³-hybridized carbons (Fsp3) is 0.643. The maximum Gasteiger partial charge on any atom is 0.310 e. The number of likely N-dealkylation sites (N-methyl/N-ethyl adjacent to an activating group) is 1. The van der Waals surface area contributed by atoms with Crippen LogP contribution in [0.4, 0.5) is 0 Å². The van der Waals surface area contributed by atoms with Crippen LogP contribution in [0.5, 0.6) is 0 Å². The van der Waals surface area contributed by atoms with E-state index in [0.29, 0.717) is 23.9 Å². The summed E-state index contributed by atoms with van der Waals surface area (Å²) in [5.74, 6) is -2.48. The molecule has 0 aromatic rings. The van der Waals surface area contributed by atoms with Crippen LogP contribution in [0.1, 0.15) is 117 Å². The number of allylic oxidation sites excluding steroid dienone is 11. The first kappa shape index (κ1) is 47.7. The van der Waals surface area contributed by atoms with Crippen molar-refractivity contribution in [1.29, 1.82) is 0 Å². The summed E-state index contributed by atoms with van der Waals surface area (Å²) in [6, 6.07) is 0. The Morgan fingerprint density at radius 2 is 1.18 bits per heavy atom. The van der Waals surface area contributed by atoms with Crippen molar-refractivity contribution in [2.45, 2.75) is 129 Å². The van der Waals surface area contributed by atoms with E-state index in [9.17, 15) is 19.5 Å². The van der Waals surface area contributed by atoms with E-state index >= 15 is 0 Å². The predicted molar refractivity (Wildman–Crippen MR) is 204 cm³/mol. The quantitative estimate of drug-likeness (QED) is 0.0222. The molecule has 0 radical (unpaired) electrons. The molecule has 0 aliphatic rings. The smallest absolute Gasteiger partial charge is 0.310 e. The van der Waals surface area contributed by atoms with Gasteiger partial charge in [-0.2, -0.15) is 0 Å². The largest absolute Gasteiger partial charge is 0.545 e. The van der Waals surface area contributed by atoms with Crippen molar-refractivity contribution in [3.05, 3.63) is 72.9 Å². The van der Waals surface area contributed by atoms with Crippen LogP contribution in [-0.2, 0) is 33.3 Å². The number of carboxylic acid groups (broad SMARTS) is 1. The monoisotopic (exact) mass is 716 g/mol. The van der Waals surface area contributed by atoms with Crippen molar-refractivity contribution < 1.29 is 42.9 Å². The van der Waals surface area contributed by atoms with Gasteiger partial charge in [0.15, 0.2) is 12.4 Å². The highest BCUT2D eigenvalue weighted by Crippen LogP contribution is 2.10. The minimum atomic E-state index is -1.65. The summed E-state index contributed by atoms with van der Waals surface area (Å²) >= 11 is 0. The molecule has 0 aliphatic carbocycles. The lowest BCUT2D eigenvalue weighted by molar-refractivity contribution is -0.870. The van der Waals surface area contributed by atoms with Crippen molar-refractivity contribution in [3.63, 3.8) is 0 Å². The number of carbonyl (C=O) groups excluding carboxylic acids is 3. The zero-order chi connectivity index (χ0) is 37.8. The molecule has 0 aromatic carbocycles. The molecule has 0 fully saturated rings. The van der Waals surface area contributed by atoms with E-state index in [1.807, 2.05) is 33.3 Å². The highest BCUT2D eigenvalue weighted by Gasteiger charge is 2.21. The van der Waals surface area contributed by atoms with Gasteiger partial charge >= 0.3 is 11.9 Å². The lowest BCUT2D eigenvalue weighted by Crippen LogP contribution is -2.44. The highest BCUT2D eigenvalue weighted by atomic mass is 16.7. The Hall–Kier alpha value is -3.27. The Morgan fingerprint density at radius 3 is 1.75 bits per heavy atom. The fourth-order valence-corrected chi connectivity index (χ4v) is 4.47. The third-order valence-corrected chi connectivity index (χ3v) is 7.47. The third kappa shape index (κ3) is 34.9. The summed E-state index contributed by atoms with van der Waals surface area (Å²) in [6.07, 6.45) is 36.8. The number of carboxylic acids is 1. The molecular formula is C42H69NO8. The third-order valence-electron chi connectivity index (χ3n) is 7.47. The second-order valence-corrected chi connectivity index (χ2v) is 13.5. The molecule has 0 N–H and O–H groups in total. The van der Waals surface area contributed by atoms with Gasteiger partial charge in [0.2, 0.25) is 0 Å². The number of aliphatic carboxylic acids is 1. The minimum Gasteiger partial charge on any atom is -0.545 e. The minimum absolute atomic E-state index is 0.0103. The number of ether oxygens (including phenoxy) is 4. The first-order valence-corrected chi connectivity index (χ1v) is 19.1. The van der Waals surface area contributed by atoms with Gasteiger partial charge in [-0.3, -0.25) is 9.59 Å². The predicted octanol–water partition coefficient (Wildman–Crippen LogP) is 7.88. The number of hydrogen-bond acceptors (Lipinski definition) is 8. The normalized spacial score (nSPS) is 13.8. The van der Waals surface area contributed by atoms with E-state index in [1.165, 1.54) is 12.8 Å². The van der Waals surface area contributed by atoms with Crippen molar-refractivity contribution in [1.82, 2.24) is 0 Å². The number of hydrogen-bond donors (Lipinski definition) is 0. The number of carbonyl (C=O) groups is 3. The molecule has 0 bridgehead atoms. The van der Waals surface area contributed by atoms with Crippen molar-refractivity contribution in [2.75, 3.05) is 47.5 Å². The van der Waals surface area contributed by atoms with E-state index in [0.717, 1.165) is 64.2 Å². The Labute approximate surface area is 309 Å². The van der Waals surface area contributed by atoms with Crippen LogP contribution in [0, 0.1) is 0 Å². The molecule has 0 rings (SSSR count). The van der Waals surface area contributed by atoms with Gasteiger partial charge in [0.1, 0.15) is 13.2 Å². The maximum atomic E-state index is 12.6. The van der Waals surface area contributed by atoms with Gasteiger partial charge in [-0.05, 0) is 57.8 Å².